The van der Waals surface area contributed by atoms with Gasteiger partial charge in [-0.2, -0.15) is 13.2 Å². The molecule has 1 saturated carbocycles. The van der Waals surface area contributed by atoms with Crippen molar-refractivity contribution in [3.8, 4) is 5.75 Å². The molecule has 2 rings (SSSR count). The van der Waals surface area contributed by atoms with Gasteiger partial charge in [0, 0.05) is 6.04 Å². The number of unbranched alkanes of at least 4 members (excludes halogenated alkanes) is 2. The second kappa shape index (κ2) is 7.11. The molecule has 2 nitrogen and oxygen atoms in total. The summed E-state index contributed by atoms with van der Waals surface area (Å²) in [7, 11) is 0. The molecule has 1 N–H and O–H groups in total. The molecule has 21 heavy (non-hydrogen) atoms. The second-order valence-electron chi connectivity index (χ2n) is 5.28. The van der Waals surface area contributed by atoms with Gasteiger partial charge in [-0.05, 0) is 56.8 Å². The van der Waals surface area contributed by atoms with Crippen LogP contribution in [-0.2, 0) is 6.18 Å². The molecule has 1 fully saturated rings. The van der Waals surface area contributed by atoms with Crippen LogP contribution in [0.15, 0.2) is 18.2 Å². The van der Waals surface area contributed by atoms with E-state index < -0.39 is 17.6 Å². The number of hydrogen-bond donors (Lipinski definition) is 1. The second-order valence-corrected chi connectivity index (χ2v) is 5.28. The standard InChI is InChI=1S/C15H19F4NO/c16-14-7-6-12(10-13(14)15(17,18)19)21-9-3-1-2-8-20-11-4-5-11/h6-7,10-11,20H,1-5,8-9H2. The van der Waals surface area contributed by atoms with Crippen LogP contribution in [0.2, 0.25) is 0 Å². The molecule has 0 aliphatic heterocycles. The van der Waals surface area contributed by atoms with E-state index in [4.69, 9.17) is 4.74 Å². The van der Waals surface area contributed by atoms with Crippen LogP contribution in [-0.4, -0.2) is 19.2 Å². The molecule has 1 aliphatic carbocycles. The molecule has 1 aromatic carbocycles. The highest BCUT2D eigenvalue weighted by Crippen LogP contribution is 2.33. The van der Waals surface area contributed by atoms with Crippen LogP contribution >= 0.6 is 0 Å². The van der Waals surface area contributed by atoms with E-state index >= 15 is 0 Å². The maximum atomic E-state index is 13.1. The maximum Gasteiger partial charge on any atom is 0.419 e. The molecule has 0 atom stereocenters. The lowest BCUT2D eigenvalue weighted by molar-refractivity contribution is -0.140. The van der Waals surface area contributed by atoms with Crippen LogP contribution in [0.4, 0.5) is 17.6 Å². The van der Waals surface area contributed by atoms with Gasteiger partial charge in [-0.3, -0.25) is 0 Å². The summed E-state index contributed by atoms with van der Waals surface area (Å²) in [5.41, 5.74) is -1.28. The highest BCUT2D eigenvalue weighted by atomic mass is 19.4. The van der Waals surface area contributed by atoms with Crippen molar-refractivity contribution in [2.24, 2.45) is 0 Å². The summed E-state index contributed by atoms with van der Waals surface area (Å²) in [5, 5.41) is 3.39. The van der Waals surface area contributed by atoms with Crippen LogP contribution in [0.5, 0.6) is 5.75 Å². The molecule has 0 saturated heterocycles. The van der Waals surface area contributed by atoms with E-state index in [-0.39, 0.29) is 5.75 Å². The lowest BCUT2D eigenvalue weighted by Crippen LogP contribution is -2.17. The Morgan fingerprint density at radius 2 is 1.90 bits per heavy atom. The van der Waals surface area contributed by atoms with Crippen molar-refractivity contribution in [2.45, 2.75) is 44.3 Å². The third-order valence-corrected chi connectivity index (χ3v) is 3.34. The van der Waals surface area contributed by atoms with E-state index in [2.05, 4.69) is 5.32 Å². The zero-order valence-electron chi connectivity index (χ0n) is 11.7. The Kier molecular flexibility index (Phi) is 5.45. The smallest absolute Gasteiger partial charge is 0.419 e. The fourth-order valence-electron chi connectivity index (χ4n) is 2.00. The van der Waals surface area contributed by atoms with Crippen LogP contribution < -0.4 is 10.1 Å². The summed E-state index contributed by atoms with van der Waals surface area (Å²) < 4.78 is 55.9. The molecule has 118 valence electrons. The average Bonchev–Trinajstić information content (AvgIpc) is 3.22. The Bertz CT molecular complexity index is 457. The summed E-state index contributed by atoms with van der Waals surface area (Å²) in [6.45, 7) is 1.31. The number of hydrogen-bond acceptors (Lipinski definition) is 2. The van der Waals surface area contributed by atoms with Crippen molar-refractivity contribution in [2.75, 3.05) is 13.2 Å². The third kappa shape index (κ3) is 5.53. The van der Waals surface area contributed by atoms with Crippen molar-refractivity contribution in [1.82, 2.24) is 5.32 Å². The Morgan fingerprint density at radius 1 is 1.14 bits per heavy atom. The molecule has 0 heterocycles. The van der Waals surface area contributed by atoms with Gasteiger partial charge in [0.2, 0.25) is 0 Å². The van der Waals surface area contributed by atoms with E-state index in [0.29, 0.717) is 18.7 Å². The van der Waals surface area contributed by atoms with E-state index in [1.54, 1.807) is 0 Å². The normalized spacial score (nSPS) is 15.2. The Morgan fingerprint density at radius 3 is 2.57 bits per heavy atom. The van der Waals surface area contributed by atoms with Crippen molar-refractivity contribution in [1.29, 1.82) is 0 Å². The Labute approximate surface area is 121 Å². The van der Waals surface area contributed by atoms with Crippen LogP contribution in [0.3, 0.4) is 0 Å². The first-order valence-electron chi connectivity index (χ1n) is 7.20. The van der Waals surface area contributed by atoms with E-state index in [0.717, 1.165) is 31.9 Å². The number of rotatable bonds is 8. The highest BCUT2D eigenvalue weighted by molar-refractivity contribution is 5.31. The van der Waals surface area contributed by atoms with Gasteiger partial charge >= 0.3 is 6.18 Å². The first-order chi connectivity index (χ1) is 9.97. The lowest BCUT2D eigenvalue weighted by atomic mass is 10.2. The summed E-state index contributed by atoms with van der Waals surface area (Å²) in [4.78, 5) is 0. The largest absolute Gasteiger partial charge is 0.494 e. The molecule has 0 aromatic heterocycles. The van der Waals surface area contributed by atoms with Gasteiger partial charge < -0.3 is 10.1 Å². The topological polar surface area (TPSA) is 21.3 Å². The van der Waals surface area contributed by atoms with Gasteiger partial charge in [0.05, 0.1) is 12.2 Å². The minimum Gasteiger partial charge on any atom is -0.494 e. The Hall–Kier alpha value is -1.30. The fraction of sp³-hybridized carbons (Fsp3) is 0.600. The molecule has 1 aromatic rings. The fourth-order valence-corrected chi connectivity index (χ4v) is 2.00. The molecule has 0 amide bonds. The van der Waals surface area contributed by atoms with E-state index in [1.807, 2.05) is 0 Å². The zero-order chi connectivity index (χ0) is 15.3. The van der Waals surface area contributed by atoms with Gasteiger partial charge in [-0.1, -0.05) is 0 Å². The summed E-state index contributed by atoms with van der Waals surface area (Å²) in [5.74, 6) is -1.22. The molecule has 6 heteroatoms. The predicted octanol–water partition coefficient (Wildman–Crippen LogP) is 4.15. The lowest BCUT2D eigenvalue weighted by Gasteiger charge is -2.11. The quantitative estimate of drug-likeness (QED) is 0.575. The number of ether oxygens (including phenoxy) is 1. The van der Waals surface area contributed by atoms with Gasteiger partial charge in [-0.25, -0.2) is 4.39 Å². The van der Waals surface area contributed by atoms with Gasteiger partial charge in [0.25, 0.3) is 0 Å². The first kappa shape index (κ1) is 16.1. The van der Waals surface area contributed by atoms with Crippen LogP contribution in [0.25, 0.3) is 0 Å². The van der Waals surface area contributed by atoms with Gasteiger partial charge in [0.1, 0.15) is 11.6 Å². The maximum absolute atomic E-state index is 13.1. The molecule has 0 radical (unpaired) electrons. The van der Waals surface area contributed by atoms with Crippen LogP contribution in [0.1, 0.15) is 37.7 Å². The molecular weight excluding hydrogens is 286 g/mol. The minimum atomic E-state index is -4.70. The number of benzene rings is 1. The van der Waals surface area contributed by atoms with E-state index in [9.17, 15) is 17.6 Å². The monoisotopic (exact) mass is 305 g/mol. The molecule has 0 unspecified atom stereocenters. The van der Waals surface area contributed by atoms with E-state index in [1.165, 1.54) is 18.9 Å². The van der Waals surface area contributed by atoms with Crippen molar-refractivity contribution >= 4 is 0 Å². The van der Waals surface area contributed by atoms with Crippen LogP contribution in [0, 0.1) is 5.82 Å². The number of halogens is 4. The van der Waals surface area contributed by atoms with Gasteiger partial charge in [0.15, 0.2) is 0 Å². The van der Waals surface area contributed by atoms with Gasteiger partial charge in [-0.15, -0.1) is 0 Å². The number of nitrogens with one attached hydrogen (secondary N) is 1. The highest BCUT2D eigenvalue weighted by Gasteiger charge is 2.34. The third-order valence-electron chi connectivity index (χ3n) is 3.34. The Balaban J connectivity index is 1.67. The summed E-state index contributed by atoms with van der Waals surface area (Å²) in [6, 6.07) is 3.42. The summed E-state index contributed by atoms with van der Waals surface area (Å²) in [6.07, 6.45) is 0.567. The predicted molar refractivity (Wildman–Crippen MR) is 71.8 cm³/mol. The molecule has 0 spiro atoms. The van der Waals surface area contributed by atoms with Crippen molar-refractivity contribution in [3.05, 3.63) is 29.6 Å². The van der Waals surface area contributed by atoms with Crippen molar-refractivity contribution < 1.29 is 22.3 Å². The summed E-state index contributed by atoms with van der Waals surface area (Å²) >= 11 is 0. The molecular formula is C15H19F4NO. The minimum absolute atomic E-state index is 0.0554. The molecule has 0 bridgehead atoms. The average molecular weight is 305 g/mol. The SMILES string of the molecule is Fc1ccc(OCCCCCNC2CC2)cc1C(F)(F)F. The molecule has 1 aliphatic rings. The number of alkyl halides is 3. The van der Waals surface area contributed by atoms with Crippen molar-refractivity contribution in [3.63, 3.8) is 0 Å². The zero-order valence-corrected chi connectivity index (χ0v) is 11.7. The first-order valence-corrected chi connectivity index (χ1v) is 7.20.